The van der Waals surface area contributed by atoms with Crippen LogP contribution in [0.2, 0.25) is 0 Å². The van der Waals surface area contributed by atoms with Gasteiger partial charge in [-0.1, -0.05) is 11.8 Å². The average Bonchev–Trinajstić information content (AvgIpc) is 2.59. The third-order valence-electron chi connectivity index (χ3n) is 2.87. The minimum atomic E-state index is -0.269. The summed E-state index contributed by atoms with van der Waals surface area (Å²) in [7, 11) is 3.09. The average molecular weight is 296 g/mol. The fourth-order valence-corrected chi connectivity index (χ4v) is 1.77. The number of pyridine rings is 1. The number of benzene rings is 1. The van der Waals surface area contributed by atoms with E-state index in [4.69, 9.17) is 9.47 Å². The highest BCUT2D eigenvalue weighted by Gasteiger charge is 2.11. The monoisotopic (exact) mass is 296 g/mol. The van der Waals surface area contributed by atoms with Crippen molar-refractivity contribution in [2.75, 3.05) is 20.8 Å². The maximum absolute atomic E-state index is 12.0. The molecule has 0 saturated carbocycles. The summed E-state index contributed by atoms with van der Waals surface area (Å²) in [5.74, 6) is 6.66. The molecule has 112 valence electrons. The van der Waals surface area contributed by atoms with E-state index in [0.29, 0.717) is 11.4 Å². The first kappa shape index (κ1) is 15.4. The van der Waals surface area contributed by atoms with Crippen molar-refractivity contribution < 1.29 is 14.3 Å². The van der Waals surface area contributed by atoms with Gasteiger partial charge in [-0.3, -0.25) is 4.79 Å². The van der Waals surface area contributed by atoms with Crippen molar-refractivity contribution in [3.8, 4) is 23.5 Å². The maximum Gasteiger partial charge on any atom is 0.257 e. The maximum atomic E-state index is 12.0. The number of hydrogen-bond acceptors (Lipinski definition) is 4. The van der Waals surface area contributed by atoms with Gasteiger partial charge in [-0.25, -0.2) is 4.98 Å². The van der Waals surface area contributed by atoms with Crippen LogP contribution in [-0.4, -0.2) is 31.7 Å². The first-order valence-corrected chi connectivity index (χ1v) is 6.64. The number of carbonyl (C=O) groups is 1. The van der Waals surface area contributed by atoms with Crippen LogP contribution >= 0.6 is 0 Å². The molecule has 0 spiro atoms. The van der Waals surface area contributed by atoms with E-state index in [2.05, 4.69) is 22.1 Å². The van der Waals surface area contributed by atoms with Crippen molar-refractivity contribution in [2.24, 2.45) is 0 Å². The van der Waals surface area contributed by atoms with Crippen LogP contribution in [0.5, 0.6) is 11.6 Å². The van der Waals surface area contributed by atoms with Crippen LogP contribution in [0.1, 0.15) is 15.9 Å². The predicted molar refractivity (Wildman–Crippen MR) is 83.0 cm³/mol. The van der Waals surface area contributed by atoms with Gasteiger partial charge in [-0.15, -0.1) is 0 Å². The van der Waals surface area contributed by atoms with Gasteiger partial charge in [-0.05, 0) is 36.4 Å². The Balaban J connectivity index is 1.93. The molecule has 22 heavy (non-hydrogen) atoms. The molecule has 2 rings (SSSR count). The summed E-state index contributed by atoms with van der Waals surface area (Å²) in [5.41, 5.74) is 1.24. The second-order valence-electron chi connectivity index (χ2n) is 4.27. The van der Waals surface area contributed by atoms with Gasteiger partial charge in [-0.2, -0.15) is 0 Å². The molecule has 1 heterocycles. The SMILES string of the molecule is COc1ccc(C#CCNC(=O)c2cccnc2OC)cc1. The van der Waals surface area contributed by atoms with Crippen LogP contribution in [0.25, 0.3) is 0 Å². The molecule has 0 aliphatic rings. The summed E-state index contributed by atoms with van der Waals surface area (Å²) in [6.07, 6.45) is 1.57. The summed E-state index contributed by atoms with van der Waals surface area (Å²) in [6.45, 7) is 0.239. The quantitative estimate of drug-likeness (QED) is 0.875. The zero-order chi connectivity index (χ0) is 15.8. The summed E-state index contributed by atoms with van der Waals surface area (Å²) in [6, 6.07) is 10.7. The van der Waals surface area contributed by atoms with E-state index in [0.717, 1.165) is 11.3 Å². The molecule has 0 atom stereocenters. The lowest BCUT2D eigenvalue weighted by Gasteiger charge is -2.05. The van der Waals surface area contributed by atoms with Crippen molar-refractivity contribution >= 4 is 5.91 Å². The van der Waals surface area contributed by atoms with Gasteiger partial charge in [0.25, 0.3) is 5.91 Å². The molecular formula is C17H16N2O3. The second kappa shape index (κ2) is 7.70. The highest BCUT2D eigenvalue weighted by Crippen LogP contribution is 2.13. The fourth-order valence-electron chi connectivity index (χ4n) is 1.77. The molecule has 1 aromatic heterocycles. The summed E-state index contributed by atoms with van der Waals surface area (Å²) in [4.78, 5) is 16.0. The Morgan fingerprint density at radius 1 is 1.18 bits per heavy atom. The Kier molecular flexibility index (Phi) is 5.38. The van der Waals surface area contributed by atoms with Gasteiger partial charge in [0.15, 0.2) is 0 Å². The molecule has 1 aromatic carbocycles. The van der Waals surface area contributed by atoms with Gasteiger partial charge in [0, 0.05) is 11.8 Å². The first-order chi connectivity index (χ1) is 10.7. The zero-order valence-electron chi connectivity index (χ0n) is 12.4. The molecule has 0 fully saturated rings. The summed E-state index contributed by atoms with van der Waals surface area (Å²) < 4.78 is 10.1. The smallest absolute Gasteiger partial charge is 0.257 e. The molecule has 0 radical (unpaired) electrons. The molecule has 2 aromatic rings. The summed E-state index contributed by atoms with van der Waals surface area (Å²) >= 11 is 0. The molecule has 1 N–H and O–H groups in total. The molecule has 0 bridgehead atoms. The fraction of sp³-hybridized carbons (Fsp3) is 0.176. The third kappa shape index (κ3) is 4.00. The van der Waals surface area contributed by atoms with Crippen LogP contribution in [0.15, 0.2) is 42.6 Å². The molecule has 0 aliphatic carbocycles. The number of rotatable bonds is 4. The molecule has 1 amide bonds. The standard InChI is InChI=1S/C17H16N2O3/c1-21-14-9-7-13(8-10-14)5-3-11-18-16(20)15-6-4-12-19-17(15)22-2/h4,6-10,12H,11H2,1-2H3,(H,18,20). The van der Waals surface area contributed by atoms with Gasteiger partial charge in [0.2, 0.25) is 5.88 Å². The van der Waals surface area contributed by atoms with Gasteiger partial charge >= 0.3 is 0 Å². The van der Waals surface area contributed by atoms with Crippen LogP contribution < -0.4 is 14.8 Å². The molecule has 0 saturated heterocycles. The minimum absolute atomic E-state index is 0.239. The number of nitrogens with zero attached hydrogens (tertiary/aromatic N) is 1. The van der Waals surface area contributed by atoms with E-state index in [-0.39, 0.29) is 12.5 Å². The number of aromatic nitrogens is 1. The Hall–Kier alpha value is -3.00. The van der Waals surface area contributed by atoms with Crippen molar-refractivity contribution in [3.63, 3.8) is 0 Å². The Labute approximate surface area is 129 Å². The predicted octanol–water partition coefficient (Wildman–Crippen LogP) is 1.88. The number of nitrogens with one attached hydrogen (secondary N) is 1. The van der Waals surface area contributed by atoms with Gasteiger partial charge in [0.1, 0.15) is 11.3 Å². The number of amides is 1. The van der Waals surface area contributed by atoms with Gasteiger partial charge < -0.3 is 14.8 Å². The summed E-state index contributed by atoms with van der Waals surface area (Å²) in [5, 5.41) is 2.71. The van der Waals surface area contributed by atoms with Crippen molar-refractivity contribution in [1.29, 1.82) is 0 Å². The molecule has 0 aliphatic heterocycles. The zero-order valence-corrected chi connectivity index (χ0v) is 12.4. The second-order valence-corrected chi connectivity index (χ2v) is 4.27. The van der Waals surface area contributed by atoms with Crippen LogP contribution in [-0.2, 0) is 0 Å². The van der Waals surface area contributed by atoms with E-state index < -0.39 is 0 Å². The van der Waals surface area contributed by atoms with E-state index >= 15 is 0 Å². The highest BCUT2D eigenvalue weighted by atomic mass is 16.5. The Morgan fingerprint density at radius 2 is 1.95 bits per heavy atom. The van der Waals surface area contributed by atoms with Crippen molar-refractivity contribution in [1.82, 2.24) is 10.3 Å². The topological polar surface area (TPSA) is 60.5 Å². The lowest BCUT2D eigenvalue weighted by molar-refractivity contribution is 0.0955. The highest BCUT2D eigenvalue weighted by molar-refractivity contribution is 5.96. The third-order valence-corrected chi connectivity index (χ3v) is 2.87. The molecular weight excluding hydrogens is 280 g/mol. The molecule has 5 heteroatoms. The lowest BCUT2D eigenvalue weighted by atomic mass is 10.2. The Morgan fingerprint density at radius 3 is 2.64 bits per heavy atom. The Bertz CT molecular complexity index is 700. The van der Waals surface area contributed by atoms with Crippen molar-refractivity contribution in [2.45, 2.75) is 0 Å². The van der Waals surface area contributed by atoms with E-state index in [1.165, 1.54) is 7.11 Å². The van der Waals surface area contributed by atoms with Crippen LogP contribution in [0.4, 0.5) is 0 Å². The molecule has 5 nitrogen and oxygen atoms in total. The van der Waals surface area contributed by atoms with Crippen LogP contribution in [0, 0.1) is 11.8 Å². The number of ether oxygens (including phenoxy) is 2. The normalized spacial score (nSPS) is 9.36. The number of carbonyl (C=O) groups excluding carboxylic acids is 1. The van der Waals surface area contributed by atoms with E-state index in [9.17, 15) is 4.79 Å². The van der Waals surface area contributed by atoms with Gasteiger partial charge in [0.05, 0.1) is 20.8 Å². The van der Waals surface area contributed by atoms with E-state index in [1.807, 2.05) is 24.3 Å². The minimum Gasteiger partial charge on any atom is -0.497 e. The van der Waals surface area contributed by atoms with Crippen LogP contribution in [0.3, 0.4) is 0 Å². The lowest BCUT2D eigenvalue weighted by Crippen LogP contribution is -2.24. The largest absolute Gasteiger partial charge is 0.497 e. The molecule has 0 unspecified atom stereocenters. The van der Waals surface area contributed by atoms with Crippen molar-refractivity contribution in [3.05, 3.63) is 53.7 Å². The van der Waals surface area contributed by atoms with E-state index in [1.54, 1.807) is 25.4 Å². The number of hydrogen-bond donors (Lipinski definition) is 1. The number of methoxy groups -OCH3 is 2. The first-order valence-electron chi connectivity index (χ1n) is 6.64.